The van der Waals surface area contributed by atoms with Gasteiger partial charge in [0.2, 0.25) is 0 Å². The van der Waals surface area contributed by atoms with Crippen LogP contribution in [-0.4, -0.2) is 48.9 Å². The fourth-order valence-corrected chi connectivity index (χ4v) is 3.43. The summed E-state index contributed by atoms with van der Waals surface area (Å²) in [4.78, 5) is 15.3. The molecule has 0 bridgehead atoms. The molecule has 9 heteroatoms. The van der Waals surface area contributed by atoms with Crippen LogP contribution in [0, 0.1) is 0 Å². The molecular weight excluding hydrogens is 326 g/mol. The molecule has 0 unspecified atom stereocenters. The Labute approximate surface area is 115 Å². The molecule has 4 atom stereocenters. The molecule has 1 aromatic heterocycles. The minimum absolute atomic E-state index is 0.0630. The third-order valence-corrected chi connectivity index (χ3v) is 4.90. The van der Waals surface area contributed by atoms with Crippen molar-refractivity contribution in [3.05, 3.63) is 21.2 Å². The van der Waals surface area contributed by atoms with Crippen LogP contribution >= 0.6 is 27.7 Å². The lowest BCUT2D eigenvalue weighted by molar-refractivity contribution is 0.0101. The summed E-state index contributed by atoms with van der Waals surface area (Å²) in [5.41, 5.74) is 4.86. The summed E-state index contributed by atoms with van der Waals surface area (Å²) < 4.78 is 1.62. The molecule has 100 valence electrons. The third-order valence-electron chi connectivity index (χ3n) is 2.73. The minimum Gasteiger partial charge on any atom is -0.395 e. The van der Waals surface area contributed by atoms with E-state index < -0.39 is 28.5 Å². The van der Waals surface area contributed by atoms with E-state index in [1.54, 1.807) is 0 Å². The Morgan fingerprint density at radius 1 is 1.50 bits per heavy atom. The minimum atomic E-state index is -1.15. The van der Waals surface area contributed by atoms with Crippen LogP contribution in [0.3, 0.4) is 0 Å². The average Bonchev–Trinajstić information content (AvgIpc) is 2.61. The smallest absolute Gasteiger partial charge is 0.350 e. The Morgan fingerprint density at radius 3 is 2.72 bits per heavy atom. The maximum atomic E-state index is 11.7. The molecule has 1 aromatic rings. The zero-order valence-corrected chi connectivity index (χ0v) is 11.5. The van der Waals surface area contributed by atoms with Crippen molar-refractivity contribution in [2.45, 2.75) is 22.8 Å². The number of hydrogen-bond acceptors (Lipinski definition) is 7. The van der Waals surface area contributed by atoms with Gasteiger partial charge in [-0.2, -0.15) is 4.98 Å². The molecule has 1 saturated heterocycles. The van der Waals surface area contributed by atoms with Gasteiger partial charge in [-0.05, 0) is 15.9 Å². The molecule has 1 fully saturated rings. The Hall–Kier alpha value is -0.610. The molecule has 0 radical (unpaired) electrons. The lowest BCUT2D eigenvalue weighted by Crippen LogP contribution is -2.36. The predicted molar refractivity (Wildman–Crippen MR) is 70.1 cm³/mol. The fourth-order valence-electron chi connectivity index (χ4n) is 1.75. The molecule has 2 rings (SSSR count). The highest BCUT2D eigenvalue weighted by atomic mass is 79.9. The zero-order chi connectivity index (χ0) is 13.4. The summed E-state index contributed by atoms with van der Waals surface area (Å²) in [5.74, 6) is 0.0630. The first-order chi connectivity index (χ1) is 8.45. The molecule has 2 heterocycles. The van der Waals surface area contributed by atoms with Crippen LogP contribution in [0.2, 0.25) is 0 Å². The van der Waals surface area contributed by atoms with Crippen molar-refractivity contribution in [3.8, 4) is 0 Å². The first-order valence-electron chi connectivity index (χ1n) is 5.12. The highest BCUT2D eigenvalue weighted by Gasteiger charge is 2.43. The molecule has 18 heavy (non-hydrogen) atoms. The van der Waals surface area contributed by atoms with Crippen molar-refractivity contribution >= 4 is 33.5 Å². The number of nitrogens with zero attached hydrogens (tertiary/aromatic N) is 2. The number of thioether (sulfide) groups is 1. The summed E-state index contributed by atoms with van der Waals surface area (Å²) in [7, 11) is 0. The van der Waals surface area contributed by atoms with Crippen LogP contribution in [0.1, 0.15) is 5.37 Å². The van der Waals surface area contributed by atoms with E-state index in [9.17, 15) is 15.0 Å². The van der Waals surface area contributed by atoms with Gasteiger partial charge in [0.15, 0.2) is 0 Å². The van der Waals surface area contributed by atoms with Gasteiger partial charge in [0.1, 0.15) is 17.3 Å². The van der Waals surface area contributed by atoms with E-state index >= 15 is 0 Å². The summed E-state index contributed by atoms with van der Waals surface area (Å²) in [6.45, 7) is -0.280. The van der Waals surface area contributed by atoms with Crippen LogP contribution < -0.4 is 11.4 Å². The Balaban J connectivity index is 2.39. The number of aliphatic hydroxyl groups is 3. The van der Waals surface area contributed by atoms with Crippen molar-refractivity contribution in [1.82, 2.24) is 9.55 Å². The highest BCUT2D eigenvalue weighted by molar-refractivity contribution is 9.10. The van der Waals surface area contributed by atoms with Crippen molar-refractivity contribution in [3.63, 3.8) is 0 Å². The Kier molecular flexibility index (Phi) is 3.97. The first kappa shape index (κ1) is 13.8. The van der Waals surface area contributed by atoms with Crippen molar-refractivity contribution < 1.29 is 15.3 Å². The average molecular weight is 338 g/mol. The quantitative estimate of drug-likeness (QED) is 0.541. The van der Waals surface area contributed by atoms with E-state index in [1.165, 1.54) is 10.8 Å². The van der Waals surface area contributed by atoms with Gasteiger partial charge in [-0.25, -0.2) is 4.79 Å². The number of hydrogen-bond donors (Lipinski definition) is 4. The van der Waals surface area contributed by atoms with Crippen molar-refractivity contribution in [2.75, 3.05) is 12.3 Å². The molecular formula is C9H12BrN3O4S. The number of halogens is 1. The number of nitrogen functional groups attached to an aromatic ring is 1. The van der Waals surface area contributed by atoms with Gasteiger partial charge < -0.3 is 21.1 Å². The molecule has 0 amide bonds. The molecule has 1 aliphatic heterocycles. The number of aromatic nitrogens is 2. The van der Waals surface area contributed by atoms with Gasteiger partial charge >= 0.3 is 5.69 Å². The fraction of sp³-hybridized carbons (Fsp3) is 0.556. The van der Waals surface area contributed by atoms with E-state index in [-0.39, 0.29) is 12.4 Å². The van der Waals surface area contributed by atoms with Gasteiger partial charge in [-0.15, -0.1) is 11.8 Å². The van der Waals surface area contributed by atoms with Gasteiger partial charge in [0, 0.05) is 6.20 Å². The topological polar surface area (TPSA) is 122 Å². The summed E-state index contributed by atoms with van der Waals surface area (Å²) in [6.07, 6.45) is -0.826. The molecule has 5 N–H and O–H groups in total. The second kappa shape index (κ2) is 5.17. The second-order valence-corrected chi connectivity index (χ2v) is 6.11. The van der Waals surface area contributed by atoms with E-state index in [0.29, 0.717) is 4.47 Å². The standard InChI is InChI=1S/C9H12BrN3O4S/c10-3-1-13(9(17)12-7(3)11)8-6(16)5(15)4(2-14)18-8/h1,4-6,8,14-16H,2H2,(H2,11,12,17)/t4-,5-,6+,8-/m1/s1. The Bertz CT molecular complexity index is 511. The van der Waals surface area contributed by atoms with Crippen molar-refractivity contribution in [1.29, 1.82) is 0 Å². The van der Waals surface area contributed by atoms with Gasteiger partial charge in [-0.3, -0.25) is 4.57 Å². The van der Waals surface area contributed by atoms with Crippen LogP contribution in [0.25, 0.3) is 0 Å². The summed E-state index contributed by atoms with van der Waals surface area (Å²) in [5, 5.41) is 27.4. The number of rotatable bonds is 2. The summed E-state index contributed by atoms with van der Waals surface area (Å²) in [6, 6.07) is 0. The maximum Gasteiger partial charge on any atom is 0.350 e. The number of nitrogens with two attached hydrogens (primary N) is 1. The van der Waals surface area contributed by atoms with E-state index in [1.807, 2.05) is 0 Å². The van der Waals surface area contributed by atoms with Crippen LogP contribution in [0.4, 0.5) is 5.82 Å². The molecule has 0 spiro atoms. The molecule has 0 saturated carbocycles. The van der Waals surface area contributed by atoms with Crippen LogP contribution in [0.15, 0.2) is 15.5 Å². The first-order valence-corrected chi connectivity index (χ1v) is 6.86. The van der Waals surface area contributed by atoms with Crippen molar-refractivity contribution in [2.24, 2.45) is 0 Å². The van der Waals surface area contributed by atoms with Crippen LogP contribution in [0.5, 0.6) is 0 Å². The van der Waals surface area contributed by atoms with Gasteiger partial charge in [-0.1, -0.05) is 0 Å². The van der Waals surface area contributed by atoms with Gasteiger partial charge in [0.05, 0.1) is 22.4 Å². The highest BCUT2D eigenvalue weighted by Crippen LogP contribution is 2.41. The number of aliphatic hydroxyl groups excluding tert-OH is 3. The van der Waals surface area contributed by atoms with E-state index in [0.717, 1.165) is 11.8 Å². The van der Waals surface area contributed by atoms with Gasteiger partial charge in [0.25, 0.3) is 0 Å². The largest absolute Gasteiger partial charge is 0.395 e. The third kappa shape index (κ3) is 2.28. The lowest BCUT2D eigenvalue weighted by atomic mass is 10.1. The SMILES string of the molecule is Nc1nc(=O)n([C@@H]2S[C@H](CO)[C@@H](O)[C@@H]2O)cc1Br. The molecule has 0 aliphatic carbocycles. The zero-order valence-electron chi connectivity index (χ0n) is 9.10. The van der Waals surface area contributed by atoms with E-state index in [2.05, 4.69) is 20.9 Å². The maximum absolute atomic E-state index is 11.7. The molecule has 1 aliphatic rings. The van der Waals surface area contributed by atoms with E-state index in [4.69, 9.17) is 10.8 Å². The molecule has 7 nitrogen and oxygen atoms in total. The lowest BCUT2D eigenvalue weighted by Gasteiger charge is -2.17. The van der Waals surface area contributed by atoms with Crippen LogP contribution in [-0.2, 0) is 0 Å². The predicted octanol–water partition coefficient (Wildman–Crippen LogP) is -1.08. The molecule has 0 aromatic carbocycles. The summed E-state index contributed by atoms with van der Waals surface area (Å²) >= 11 is 4.26. The monoisotopic (exact) mass is 337 g/mol. The normalized spacial score (nSPS) is 31.8. The Morgan fingerprint density at radius 2 is 2.17 bits per heavy atom. The second-order valence-electron chi connectivity index (χ2n) is 3.89. The number of anilines is 1.